The van der Waals surface area contributed by atoms with Crippen molar-refractivity contribution < 1.29 is 9.18 Å². The van der Waals surface area contributed by atoms with Crippen molar-refractivity contribution in [3.8, 4) is 0 Å². The zero-order valence-electron chi connectivity index (χ0n) is 14.8. The van der Waals surface area contributed by atoms with Gasteiger partial charge in [0.05, 0.1) is 22.5 Å². The van der Waals surface area contributed by atoms with E-state index < -0.39 is 0 Å². The maximum absolute atomic E-state index is 13.3. The lowest BCUT2D eigenvalue weighted by Crippen LogP contribution is -2.29. The molecule has 4 nitrogen and oxygen atoms in total. The van der Waals surface area contributed by atoms with Gasteiger partial charge in [0, 0.05) is 18.0 Å². The number of hydrogen-bond donors (Lipinski definition) is 0. The second-order valence-electron chi connectivity index (χ2n) is 6.08. The summed E-state index contributed by atoms with van der Waals surface area (Å²) < 4.78 is 14.4. The molecule has 0 atom stereocenters. The van der Waals surface area contributed by atoms with Crippen molar-refractivity contribution >= 4 is 39.2 Å². The van der Waals surface area contributed by atoms with Crippen LogP contribution in [0.5, 0.6) is 0 Å². The summed E-state index contributed by atoms with van der Waals surface area (Å²) in [5.41, 5.74) is 2.25. The van der Waals surface area contributed by atoms with Crippen molar-refractivity contribution in [3.63, 3.8) is 0 Å². The van der Waals surface area contributed by atoms with Gasteiger partial charge in [-0.05, 0) is 54.6 Å². The molecule has 0 bridgehead atoms. The molecule has 138 valence electrons. The van der Waals surface area contributed by atoms with Crippen molar-refractivity contribution in [3.05, 3.63) is 95.5 Å². The largest absolute Gasteiger partial charge is 0.303 e. The first-order valence-corrected chi connectivity index (χ1v) is 9.51. The number of carbonyl (C=O) groups excluding carboxylic acids is 1. The number of hydrogen-bond acceptors (Lipinski definition) is 4. The molecule has 4 rings (SSSR count). The van der Waals surface area contributed by atoms with E-state index in [-0.39, 0.29) is 18.3 Å². The van der Waals surface area contributed by atoms with Crippen LogP contribution in [0.15, 0.2) is 79.0 Å². The molecule has 2 heterocycles. The molecule has 4 aromatic rings. The zero-order valence-corrected chi connectivity index (χ0v) is 15.6. The first-order valence-electron chi connectivity index (χ1n) is 8.70. The predicted molar refractivity (Wildman–Crippen MR) is 110 cm³/mol. The molecule has 0 saturated carbocycles. The van der Waals surface area contributed by atoms with Crippen LogP contribution < -0.4 is 4.90 Å². The van der Waals surface area contributed by atoms with Crippen LogP contribution in [0.2, 0.25) is 0 Å². The highest BCUT2D eigenvalue weighted by Gasteiger charge is 2.15. The zero-order chi connectivity index (χ0) is 19.3. The van der Waals surface area contributed by atoms with E-state index in [2.05, 4.69) is 9.97 Å². The van der Waals surface area contributed by atoms with E-state index in [1.165, 1.54) is 29.5 Å². The number of nitrogens with zero attached hydrogens (tertiary/aromatic N) is 3. The van der Waals surface area contributed by atoms with Crippen molar-refractivity contribution in [1.82, 2.24) is 9.97 Å². The molecule has 2 aromatic heterocycles. The molecule has 0 aliphatic rings. The van der Waals surface area contributed by atoms with Crippen LogP contribution in [0, 0.1) is 5.82 Å². The Balaban J connectivity index is 1.60. The Kier molecular flexibility index (Phi) is 5.21. The lowest BCUT2D eigenvalue weighted by Gasteiger charge is -2.21. The minimum Gasteiger partial charge on any atom is -0.303 e. The van der Waals surface area contributed by atoms with E-state index in [1.54, 1.807) is 29.3 Å². The standard InChI is InChI=1S/C22H16FN3OS/c23-16-8-10-18(11-9-16)26(15-17-5-3-4-14-24-17)22(27)13-12-21-25-19-6-1-2-7-20(19)28-21/h1-14H,15H2/b13-12+. The number of para-hydroxylation sites is 1. The van der Waals surface area contributed by atoms with Crippen LogP contribution in [0.1, 0.15) is 10.7 Å². The maximum Gasteiger partial charge on any atom is 0.251 e. The van der Waals surface area contributed by atoms with Crippen LogP contribution >= 0.6 is 11.3 Å². The van der Waals surface area contributed by atoms with Crippen molar-refractivity contribution in [2.24, 2.45) is 0 Å². The van der Waals surface area contributed by atoms with Crippen molar-refractivity contribution in [1.29, 1.82) is 0 Å². The Morgan fingerprint density at radius 3 is 2.57 bits per heavy atom. The number of thiazole rings is 1. The minimum atomic E-state index is -0.348. The van der Waals surface area contributed by atoms with E-state index in [9.17, 15) is 9.18 Å². The third kappa shape index (κ3) is 4.13. The number of fused-ring (bicyclic) bond motifs is 1. The number of amides is 1. The monoisotopic (exact) mass is 389 g/mol. The Morgan fingerprint density at radius 2 is 1.82 bits per heavy atom. The molecule has 0 spiro atoms. The van der Waals surface area contributed by atoms with Crippen LogP contribution in [-0.2, 0) is 11.3 Å². The molecule has 0 fully saturated rings. The second kappa shape index (κ2) is 8.10. The number of halogens is 1. The normalized spacial score (nSPS) is 11.2. The summed E-state index contributed by atoms with van der Waals surface area (Å²) >= 11 is 1.52. The fraction of sp³-hybridized carbons (Fsp3) is 0.0455. The van der Waals surface area contributed by atoms with E-state index in [0.29, 0.717) is 5.69 Å². The lowest BCUT2D eigenvalue weighted by molar-refractivity contribution is -0.114. The molecule has 6 heteroatoms. The summed E-state index contributed by atoms with van der Waals surface area (Å²) in [6.45, 7) is 0.287. The highest BCUT2D eigenvalue weighted by Crippen LogP contribution is 2.23. The van der Waals surface area contributed by atoms with Gasteiger partial charge in [0.2, 0.25) is 0 Å². The lowest BCUT2D eigenvalue weighted by atomic mass is 10.2. The fourth-order valence-electron chi connectivity index (χ4n) is 2.77. The van der Waals surface area contributed by atoms with Gasteiger partial charge in [-0.2, -0.15) is 0 Å². The molecule has 0 unspecified atom stereocenters. The SMILES string of the molecule is O=C(/C=C/c1nc2ccccc2s1)N(Cc1ccccn1)c1ccc(F)cc1. The van der Waals surface area contributed by atoms with E-state index >= 15 is 0 Å². The highest BCUT2D eigenvalue weighted by atomic mass is 32.1. The number of benzene rings is 2. The molecule has 0 aliphatic heterocycles. The maximum atomic E-state index is 13.3. The predicted octanol–water partition coefficient (Wildman–Crippen LogP) is 5.08. The second-order valence-corrected chi connectivity index (χ2v) is 7.14. The van der Waals surface area contributed by atoms with Gasteiger partial charge in [-0.3, -0.25) is 9.78 Å². The summed E-state index contributed by atoms with van der Waals surface area (Å²) in [7, 11) is 0. The van der Waals surface area contributed by atoms with E-state index in [0.717, 1.165) is 20.9 Å². The highest BCUT2D eigenvalue weighted by molar-refractivity contribution is 7.19. The average molecular weight is 389 g/mol. The number of aromatic nitrogens is 2. The first kappa shape index (κ1) is 18.0. The molecule has 0 N–H and O–H groups in total. The van der Waals surface area contributed by atoms with E-state index in [1.807, 2.05) is 42.5 Å². The van der Waals surface area contributed by atoms with Crippen LogP contribution in [0.25, 0.3) is 16.3 Å². The third-order valence-corrected chi connectivity index (χ3v) is 5.13. The van der Waals surface area contributed by atoms with Gasteiger partial charge in [-0.15, -0.1) is 11.3 Å². The third-order valence-electron chi connectivity index (χ3n) is 4.13. The van der Waals surface area contributed by atoms with Crippen molar-refractivity contribution in [2.45, 2.75) is 6.54 Å². The Bertz CT molecular complexity index is 1090. The Labute approximate surface area is 165 Å². The molecule has 28 heavy (non-hydrogen) atoms. The number of rotatable bonds is 5. The van der Waals surface area contributed by atoms with Gasteiger partial charge in [0.25, 0.3) is 5.91 Å². The summed E-state index contributed by atoms with van der Waals surface area (Å²) in [5, 5.41) is 0.756. The summed E-state index contributed by atoms with van der Waals surface area (Å²) in [5.74, 6) is -0.574. The van der Waals surface area contributed by atoms with Crippen LogP contribution in [0.4, 0.5) is 10.1 Å². The van der Waals surface area contributed by atoms with Gasteiger partial charge in [0.1, 0.15) is 10.8 Å². The molecular formula is C22H16FN3OS. The number of pyridine rings is 1. The summed E-state index contributed by atoms with van der Waals surface area (Å²) in [6, 6.07) is 19.2. The molecule has 0 aliphatic carbocycles. The first-order chi connectivity index (χ1) is 13.7. The molecule has 1 amide bonds. The van der Waals surface area contributed by atoms with Crippen molar-refractivity contribution in [2.75, 3.05) is 4.90 Å². The van der Waals surface area contributed by atoms with Crippen LogP contribution in [-0.4, -0.2) is 15.9 Å². The quantitative estimate of drug-likeness (QED) is 0.447. The van der Waals surface area contributed by atoms with Gasteiger partial charge >= 0.3 is 0 Å². The molecular weight excluding hydrogens is 373 g/mol. The smallest absolute Gasteiger partial charge is 0.251 e. The number of carbonyl (C=O) groups is 1. The number of anilines is 1. The molecule has 2 aromatic carbocycles. The van der Waals surface area contributed by atoms with Gasteiger partial charge in [-0.1, -0.05) is 18.2 Å². The topological polar surface area (TPSA) is 46.1 Å². The average Bonchev–Trinajstić information content (AvgIpc) is 3.15. The molecule has 0 saturated heterocycles. The summed E-state index contributed by atoms with van der Waals surface area (Å²) in [4.78, 5) is 23.3. The fourth-order valence-corrected chi connectivity index (χ4v) is 3.64. The minimum absolute atomic E-state index is 0.225. The van der Waals surface area contributed by atoms with E-state index in [4.69, 9.17) is 0 Å². The Hall–Kier alpha value is -3.38. The van der Waals surface area contributed by atoms with Gasteiger partial charge in [-0.25, -0.2) is 9.37 Å². The Morgan fingerprint density at radius 1 is 1.04 bits per heavy atom. The summed E-state index contributed by atoms with van der Waals surface area (Å²) in [6.07, 6.45) is 4.88. The molecule has 0 radical (unpaired) electrons. The van der Waals surface area contributed by atoms with Gasteiger partial charge < -0.3 is 4.90 Å². The van der Waals surface area contributed by atoms with Gasteiger partial charge in [0.15, 0.2) is 0 Å². The van der Waals surface area contributed by atoms with Crippen LogP contribution in [0.3, 0.4) is 0 Å².